The molecule has 0 bridgehead atoms. The standard InChI is InChI=1S/C4H3Cl2N2/c1-2-7-3(5)4(6)8-2/h1H3. The average Bonchev–Trinajstić information content (AvgIpc) is 1.85. The summed E-state index contributed by atoms with van der Waals surface area (Å²) in [5, 5.41) is 0.563. The molecule has 0 unspecified atom stereocenters. The topological polar surface area (TPSA) is 24.7 Å². The van der Waals surface area contributed by atoms with Crippen LogP contribution in [0.25, 0.3) is 0 Å². The molecule has 2 nitrogen and oxygen atoms in total. The van der Waals surface area contributed by atoms with E-state index in [1.54, 1.807) is 6.92 Å². The van der Waals surface area contributed by atoms with Crippen molar-refractivity contribution in [1.29, 1.82) is 0 Å². The quantitative estimate of drug-likeness (QED) is 0.502. The van der Waals surface area contributed by atoms with E-state index in [0.717, 1.165) is 0 Å². The average molecular weight is 150 g/mol. The lowest BCUT2D eigenvalue weighted by Crippen LogP contribution is -1.90. The maximum Gasteiger partial charge on any atom is 0.195 e. The molecule has 0 N–H and O–H groups in total. The first-order chi connectivity index (χ1) is 3.70. The highest BCUT2D eigenvalue weighted by Gasteiger charge is 2.13. The summed E-state index contributed by atoms with van der Waals surface area (Å²) >= 11 is 10.8. The highest BCUT2D eigenvalue weighted by molar-refractivity contribution is 7.00. The first-order valence-electron chi connectivity index (χ1n) is 2.02. The highest BCUT2D eigenvalue weighted by Crippen LogP contribution is 2.15. The van der Waals surface area contributed by atoms with Crippen LogP contribution in [0.1, 0.15) is 6.92 Å². The molecule has 1 heterocycles. The van der Waals surface area contributed by atoms with Crippen LogP contribution in [0.15, 0.2) is 9.98 Å². The number of aliphatic imine (C=N–C) groups is 2. The Hall–Kier alpha value is -0.0800. The summed E-state index contributed by atoms with van der Waals surface area (Å²) in [5.74, 6) is 0. The van der Waals surface area contributed by atoms with Gasteiger partial charge in [0.05, 0.1) is 0 Å². The van der Waals surface area contributed by atoms with Crippen molar-refractivity contribution in [3.63, 3.8) is 0 Å². The molecule has 1 aliphatic rings. The Balaban J connectivity index is 2.82. The maximum atomic E-state index is 5.42. The lowest BCUT2D eigenvalue weighted by molar-refractivity contribution is 1.03. The van der Waals surface area contributed by atoms with Crippen LogP contribution in [-0.4, -0.2) is 10.3 Å². The van der Waals surface area contributed by atoms with Crippen LogP contribution in [0.5, 0.6) is 0 Å². The second-order valence-corrected chi connectivity index (χ2v) is 2.07. The van der Waals surface area contributed by atoms with Gasteiger partial charge in [-0.25, -0.2) is 9.98 Å². The van der Waals surface area contributed by atoms with Crippen LogP contribution >= 0.6 is 23.2 Å². The molecule has 0 spiro atoms. The summed E-state index contributed by atoms with van der Waals surface area (Å²) in [6, 6.07) is 0. The molecule has 1 aliphatic heterocycles. The van der Waals surface area contributed by atoms with Crippen molar-refractivity contribution in [2.45, 2.75) is 6.92 Å². The molecule has 0 aromatic carbocycles. The van der Waals surface area contributed by atoms with E-state index in [-0.39, 0.29) is 10.3 Å². The lowest BCUT2D eigenvalue weighted by Gasteiger charge is -1.82. The zero-order valence-corrected chi connectivity index (χ0v) is 5.66. The molecule has 1 rings (SSSR count). The Bertz CT molecular complexity index is 143. The van der Waals surface area contributed by atoms with Crippen molar-refractivity contribution in [3.05, 3.63) is 6.17 Å². The van der Waals surface area contributed by atoms with E-state index in [2.05, 4.69) is 9.98 Å². The minimum Gasteiger partial charge on any atom is -0.236 e. The number of halogens is 2. The molecule has 0 saturated carbocycles. The first kappa shape index (κ1) is 6.05. The van der Waals surface area contributed by atoms with E-state index in [0.29, 0.717) is 6.17 Å². The minimum absolute atomic E-state index is 0.282. The Labute approximate surface area is 57.2 Å². The zero-order valence-electron chi connectivity index (χ0n) is 4.15. The molecule has 8 heavy (non-hydrogen) atoms. The summed E-state index contributed by atoms with van der Waals surface area (Å²) < 4.78 is 0. The molecule has 43 valence electrons. The van der Waals surface area contributed by atoms with Crippen LogP contribution in [0.3, 0.4) is 0 Å². The van der Waals surface area contributed by atoms with Gasteiger partial charge in [0.15, 0.2) is 16.5 Å². The van der Waals surface area contributed by atoms with Crippen LogP contribution in [0.4, 0.5) is 0 Å². The summed E-state index contributed by atoms with van der Waals surface area (Å²) in [5.41, 5.74) is 0. The van der Waals surface area contributed by atoms with E-state index in [1.807, 2.05) is 0 Å². The monoisotopic (exact) mass is 149 g/mol. The van der Waals surface area contributed by atoms with Gasteiger partial charge in [0.25, 0.3) is 0 Å². The predicted molar refractivity (Wildman–Crippen MR) is 35.5 cm³/mol. The smallest absolute Gasteiger partial charge is 0.195 e. The molecule has 4 heteroatoms. The van der Waals surface area contributed by atoms with Crippen LogP contribution in [-0.2, 0) is 0 Å². The number of hydrogen-bond donors (Lipinski definition) is 0. The SMILES string of the molecule is C[C]1N=C(Cl)C(Cl)=N1. The molecule has 1 radical (unpaired) electrons. The van der Waals surface area contributed by atoms with E-state index >= 15 is 0 Å². The Kier molecular flexibility index (Phi) is 1.54. The second-order valence-electron chi connectivity index (χ2n) is 1.35. The second kappa shape index (κ2) is 2.03. The summed E-state index contributed by atoms with van der Waals surface area (Å²) in [6.45, 7) is 1.73. The summed E-state index contributed by atoms with van der Waals surface area (Å²) in [4.78, 5) is 7.47. The normalized spacial score (nSPS) is 20.9. The third-order valence-electron chi connectivity index (χ3n) is 0.690. The number of nitrogens with zero attached hydrogens (tertiary/aromatic N) is 2. The highest BCUT2D eigenvalue weighted by atomic mass is 35.5. The van der Waals surface area contributed by atoms with Crippen LogP contribution < -0.4 is 0 Å². The van der Waals surface area contributed by atoms with Gasteiger partial charge in [-0.15, -0.1) is 0 Å². The molecule has 0 aromatic heterocycles. The van der Waals surface area contributed by atoms with Gasteiger partial charge in [0, 0.05) is 0 Å². The van der Waals surface area contributed by atoms with Gasteiger partial charge in [-0.1, -0.05) is 23.2 Å². The molecular weight excluding hydrogens is 147 g/mol. The molecule has 0 fully saturated rings. The van der Waals surface area contributed by atoms with Gasteiger partial charge < -0.3 is 0 Å². The first-order valence-corrected chi connectivity index (χ1v) is 2.78. The number of rotatable bonds is 0. The van der Waals surface area contributed by atoms with E-state index in [1.165, 1.54) is 0 Å². The predicted octanol–water partition coefficient (Wildman–Crippen LogP) is 1.78. The summed E-state index contributed by atoms with van der Waals surface area (Å²) in [6.07, 6.45) is 0.611. The fourth-order valence-corrected chi connectivity index (χ4v) is 0.731. The molecule has 0 amide bonds. The van der Waals surface area contributed by atoms with Crippen LogP contribution in [0, 0.1) is 6.17 Å². The lowest BCUT2D eigenvalue weighted by atomic mass is 10.6. The summed E-state index contributed by atoms with van der Waals surface area (Å²) in [7, 11) is 0. The molecule has 0 aromatic rings. The van der Waals surface area contributed by atoms with Crippen molar-refractivity contribution in [3.8, 4) is 0 Å². The Morgan fingerprint density at radius 2 is 1.50 bits per heavy atom. The minimum atomic E-state index is 0.282. The number of hydrogen-bond acceptors (Lipinski definition) is 2. The van der Waals surface area contributed by atoms with Crippen LogP contribution in [0.2, 0.25) is 0 Å². The van der Waals surface area contributed by atoms with Gasteiger partial charge >= 0.3 is 0 Å². The van der Waals surface area contributed by atoms with E-state index in [9.17, 15) is 0 Å². The van der Waals surface area contributed by atoms with Gasteiger partial charge in [0.2, 0.25) is 0 Å². The van der Waals surface area contributed by atoms with E-state index < -0.39 is 0 Å². The zero-order chi connectivity index (χ0) is 6.15. The largest absolute Gasteiger partial charge is 0.236 e. The van der Waals surface area contributed by atoms with Gasteiger partial charge in [-0.2, -0.15) is 0 Å². The third-order valence-corrected chi connectivity index (χ3v) is 1.31. The molecule has 0 atom stereocenters. The fourth-order valence-electron chi connectivity index (χ4n) is 0.401. The van der Waals surface area contributed by atoms with Crippen molar-refractivity contribution in [1.82, 2.24) is 0 Å². The third kappa shape index (κ3) is 1.01. The van der Waals surface area contributed by atoms with Gasteiger partial charge in [-0.3, -0.25) is 0 Å². The molecular formula is C4H3Cl2N2. The Morgan fingerprint density at radius 3 is 1.62 bits per heavy atom. The van der Waals surface area contributed by atoms with Crippen molar-refractivity contribution in [2.75, 3.05) is 0 Å². The van der Waals surface area contributed by atoms with Crippen molar-refractivity contribution in [2.24, 2.45) is 9.98 Å². The maximum absolute atomic E-state index is 5.42. The fraction of sp³-hybridized carbons (Fsp3) is 0.250. The van der Waals surface area contributed by atoms with Gasteiger partial charge in [-0.05, 0) is 6.92 Å². The molecule has 0 saturated heterocycles. The van der Waals surface area contributed by atoms with Crippen molar-refractivity contribution < 1.29 is 0 Å². The van der Waals surface area contributed by atoms with Crippen molar-refractivity contribution >= 4 is 33.5 Å². The van der Waals surface area contributed by atoms with E-state index in [4.69, 9.17) is 23.2 Å². The van der Waals surface area contributed by atoms with Gasteiger partial charge in [0.1, 0.15) is 0 Å². The molecule has 0 aliphatic carbocycles. The Morgan fingerprint density at radius 1 is 1.12 bits per heavy atom.